The molecule has 192 valence electrons. The maximum Gasteiger partial charge on any atom is 0.478 e. The molecule has 0 fully saturated rings. The summed E-state index contributed by atoms with van der Waals surface area (Å²) < 4.78 is 27.5. The average molecular weight is 506 g/mol. The van der Waals surface area contributed by atoms with E-state index in [0.29, 0.717) is 12.5 Å². The van der Waals surface area contributed by atoms with Gasteiger partial charge in [-0.05, 0) is 5.92 Å². The van der Waals surface area contributed by atoms with Gasteiger partial charge in [0, 0.05) is 6.61 Å². The number of hydrogen-bond donors (Lipinski definition) is 11. The van der Waals surface area contributed by atoms with Gasteiger partial charge in [0.1, 0.15) is 0 Å². The quantitative estimate of drug-likeness (QED) is 0.109. The Kier molecular flexibility index (Phi) is 20.0. The van der Waals surface area contributed by atoms with Gasteiger partial charge in [0.05, 0.1) is 63.7 Å². The van der Waals surface area contributed by atoms with Crippen LogP contribution in [-0.4, -0.2) is 115 Å². The first-order valence-electron chi connectivity index (χ1n) is 8.71. The van der Waals surface area contributed by atoms with Crippen molar-refractivity contribution in [2.45, 2.75) is 13.8 Å². The molecule has 11 N–H and O–H groups in total. The van der Waals surface area contributed by atoms with Crippen molar-refractivity contribution in [1.29, 1.82) is 0 Å². The Morgan fingerprint density at radius 1 is 0.645 bits per heavy atom. The molecule has 0 bridgehead atoms. The van der Waals surface area contributed by atoms with Gasteiger partial charge in [-0.25, -0.2) is 9.13 Å². The average Bonchev–Trinajstić information content (AvgIpc) is 2.66. The summed E-state index contributed by atoms with van der Waals surface area (Å²) in [6.07, 6.45) is 0. The molecule has 0 aromatic heterocycles. The number of aliphatic hydroxyl groups is 7. The molecule has 0 saturated carbocycles. The molecular formula is C14H36O15P2. The van der Waals surface area contributed by atoms with E-state index in [0.717, 1.165) is 0 Å². The number of ether oxygens (including phenoxy) is 1. The van der Waals surface area contributed by atoms with E-state index in [1.165, 1.54) is 0 Å². The molecule has 0 unspecified atom stereocenters. The van der Waals surface area contributed by atoms with Crippen molar-refractivity contribution in [3.05, 3.63) is 0 Å². The summed E-state index contributed by atoms with van der Waals surface area (Å²) in [7, 11) is -10.1. The summed E-state index contributed by atoms with van der Waals surface area (Å²) in [6.45, 7) is 2.36. The van der Waals surface area contributed by atoms with Crippen molar-refractivity contribution in [2.75, 3.05) is 59.5 Å². The van der Waals surface area contributed by atoms with Gasteiger partial charge in [0.25, 0.3) is 0 Å². The van der Waals surface area contributed by atoms with E-state index in [-0.39, 0.29) is 26.4 Å². The van der Waals surface area contributed by atoms with Crippen LogP contribution in [0, 0.1) is 16.7 Å². The highest BCUT2D eigenvalue weighted by Crippen LogP contribution is 2.53. The lowest BCUT2D eigenvalue weighted by Crippen LogP contribution is -2.39. The van der Waals surface area contributed by atoms with Crippen LogP contribution in [0.2, 0.25) is 0 Å². The van der Waals surface area contributed by atoms with Gasteiger partial charge in [-0.1, -0.05) is 13.8 Å². The monoisotopic (exact) mass is 506 g/mol. The topological polar surface area (TPSA) is 275 Å². The first kappa shape index (κ1) is 35.5. The second-order valence-corrected chi connectivity index (χ2v) is 9.69. The first-order valence-corrected chi connectivity index (χ1v) is 11.8. The molecule has 17 heteroatoms. The molecular weight excluding hydrogens is 470 g/mol. The third-order valence-electron chi connectivity index (χ3n) is 3.42. The Morgan fingerprint density at radius 3 is 1.06 bits per heavy atom. The minimum atomic E-state index is -5.05. The second-order valence-electron chi connectivity index (χ2n) is 7.08. The Balaban J connectivity index is -0.000000390. The second kappa shape index (κ2) is 17.4. The molecule has 0 radical (unpaired) electrons. The maximum atomic E-state index is 9.63. The molecule has 31 heavy (non-hydrogen) atoms. The minimum Gasteiger partial charge on any atom is -0.396 e. The van der Waals surface area contributed by atoms with Crippen LogP contribution in [-0.2, 0) is 18.2 Å². The Bertz CT molecular complexity index is 464. The van der Waals surface area contributed by atoms with Gasteiger partial charge in [0.2, 0.25) is 0 Å². The zero-order chi connectivity index (χ0) is 25.4. The lowest BCUT2D eigenvalue weighted by molar-refractivity contribution is -0.0621. The van der Waals surface area contributed by atoms with Crippen molar-refractivity contribution in [3.63, 3.8) is 0 Å². The number of aliphatic hydroxyl groups excluding tert-OH is 7. The van der Waals surface area contributed by atoms with Crippen LogP contribution in [0.5, 0.6) is 0 Å². The van der Waals surface area contributed by atoms with Gasteiger partial charge in [-0.15, -0.1) is 0 Å². The summed E-state index contributed by atoms with van der Waals surface area (Å²) >= 11 is 0. The normalized spacial score (nSPS) is 12.7. The predicted octanol–water partition coefficient (Wildman–Crippen LogP) is -3.25. The van der Waals surface area contributed by atoms with E-state index in [1.54, 1.807) is 0 Å². The van der Waals surface area contributed by atoms with Gasteiger partial charge in [-0.2, -0.15) is 4.31 Å². The third-order valence-corrected chi connectivity index (χ3v) is 5.12. The third kappa shape index (κ3) is 20.3. The molecule has 0 amide bonds. The minimum absolute atomic E-state index is 0.189. The summed E-state index contributed by atoms with van der Waals surface area (Å²) in [6, 6.07) is 0. The molecule has 0 aromatic carbocycles. The van der Waals surface area contributed by atoms with Crippen LogP contribution in [0.15, 0.2) is 0 Å². The Morgan fingerprint density at radius 2 is 0.935 bits per heavy atom. The molecule has 0 atom stereocenters. The van der Waals surface area contributed by atoms with Crippen LogP contribution in [0.3, 0.4) is 0 Å². The van der Waals surface area contributed by atoms with Crippen molar-refractivity contribution >= 4 is 15.6 Å². The fourth-order valence-corrected chi connectivity index (χ4v) is 2.35. The fourth-order valence-electron chi connectivity index (χ4n) is 1.24. The molecule has 0 aliphatic carbocycles. The van der Waals surface area contributed by atoms with Gasteiger partial charge in [-0.3, -0.25) is 0 Å². The summed E-state index contributed by atoms with van der Waals surface area (Å²) in [5.74, 6) is 0.411. The van der Waals surface area contributed by atoms with Crippen molar-refractivity contribution in [1.82, 2.24) is 0 Å². The Labute approximate surface area is 180 Å². The maximum absolute atomic E-state index is 9.63. The van der Waals surface area contributed by atoms with Crippen LogP contribution in [0.4, 0.5) is 0 Å². The highest BCUT2D eigenvalue weighted by Gasteiger charge is 2.29. The van der Waals surface area contributed by atoms with Crippen molar-refractivity contribution < 1.29 is 73.5 Å². The summed E-state index contributed by atoms with van der Waals surface area (Å²) in [4.78, 5) is 31.0. The molecule has 0 rings (SSSR count). The predicted molar refractivity (Wildman–Crippen MR) is 105 cm³/mol. The first-order chi connectivity index (χ1) is 14.0. The van der Waals surface area contributed by atoms with E-state index in [2.05, 4.69) is 4.31 Å². The standard InChI is InChI=1S/C9H20O4.C5H12O4.H4O7P2/c1-8(2)3-13-7-9(4-10,5-11)6-12;6-1-5(2-7,3-8)4-9;1-8(2,3)7-9(4,5)6/h8,10-12H,3-7H2,1-2H3;6-9H,1-4H2;(H2,1,2,3)(H2,4,5,6). The van der Waals surface area contributed by atoms with E-state index in [9.17, 15) is 9.13 Å². The van der Waals surface area contributed by atoms with Gasteiger partial charge < -0.3 is 60.1 Å². The van der Waals surface area contributed by atoms with E-state index in [4.69, 9.17) is 60.1 Å². The fraction of sp³-hybridized carbons (Fsp3) is 1.00. The van der Waals surface area contributed by atoms with Crippen molar-refractivity contribution in [2.24, 2.45) is 16.7 Å². The number of phosphoric acid groups is 2. The zero-order valence-electron chi connectivity index (χ0n) is 17.4. The molecule has 0 heterocycles. The zero-order valence-corrected chi connectivity index (χ0v) is 19.2. The van der Waals surface area contributed by atoms with E-state index < -0.39 is 52.9 Å². The van der Waals surface area contributed by atoms with Crippen molar-refractivity contribution in [3.8, 4) is 0 Å². The van der Waals surface area contributed by atoms with E-state index in [1.807, 2.05) is 13.8 Å². The van der Waals surface area contributed by atoms with E-state index >= 15 is 0 Å². The van der Waals surface area contributed by atoms with Crippen LogP contribution in [0.1, 0.15) is 13.8 Å². The Hall–Kier alpha value is -0.0600. The SMILES string of the molecule is CC(C)COCC(CO)(CO)CO.O=P(O)(O)OP(=O)(O)O.OCC(CO)(CO)CO. The van der Waals surface area contributed by atoms with Gasteiger partial charge in [0.15, 0.2) is 0 Å². The highest BCUT2D eigenvalue weighted by atomic mass is 31.3. The van der Waals surface area contributed by atoms with Crippen LogP contribution >= 0.6 is 15.6 Å². The molecule has 0 aromatic rings. The largest absolute Gasteiger partial charge is 0.478 e. The smallest absolute Gasteiger partial charge is 0.396 e. The van der Waals surface area contributed by atoms with Crippen LogP contribution in [0.25, 0.3) is 0 Å². The number of hydrogen-bond acceptors (Lipinski definition) is 11. The highest BCUT2D eigenvalue weighted by molar-refractivity contribution is 7.60. The molecule has 0 aliphatic rings. The number of rotatable bonds is 13. The lowest BCUT2D eigenvalue weighted by Gasteiger charge is -2.27. The molecule has 0 saturated heterocycles. The molecule has 0 aliphatic heterocycles. The summed E-state index contributed by atoms with van der Waals surface area (Å²) in [5, 5.41) is 60.8. The summed E-state index contributed by atoms with van der Waals surface area (Å²) in [5.41, 5.74) is -2.01. The lowest BCUT2D eigenvalue weighted by atomic mass is 9.93. The molecule has 15 nitrogen and oxygen atoms in total. The van der Waals surface area contributed by atoms with Gasteiger partial charge >= 0.3 is 15.6 Å². The van der Waals surface area contributed by atoms with Crippen LogP contribution < -0.4 is 0 Å². The molecule has 0 spiro atoms.